The molecule has 0 spiro atoms. The SMILES string of the molecule is CC(C)(I)C(=O)OC1C2OC(=O)C3C2OC1C3C(=O)OC(CS(=O)(=O)O)C(F)(F)F. The monoisotopic (exact) mass is 572 g/mol. The third kappa shape index (κ3) is 4.38. The molecular formula is C15H16F3IO10S. The van der Waals surface area contributed by atoms with E-state index in [9.17, 15) is 36.0 Å². The molecule has 3 aliphatic heterocycles. The first kappa shape index (κ1) is 23.5. The van der Waals surface area contributed by atoms with E-state index in [4.69, 9.17) is 18.8 Å². The molecule has 30 heavy (non-hydrogen) atoms. The summed E-state index contributed by atoms with van der Waals surface area (Å²) < 4.78 is 88.9. The first-order chi connectivity index (χ1) is 13.5. The molecule has 10 nitrogen and oxygen atoms in total. The fourth-order valence-corrected chi connectivity index (χ4v) is 4.38. The van der Waals surface area contributed by atoms with Crippen LogP contribution in [0, 0.1) is 11.8 Å². The summed E-state index contributed by atoms with van der Waals surface area (Å²) in [4.78, 5) is 36.9. The Kier molecular flexibility index (Phi) is 5.82. The second kappa shape index (κ2) is 7.44. The molecule has 3 fully saturated rings. The number of hydrogen-bond donors (Lipinski definition) is 1. The molecule has 3 rings (SSSR count). The maximum absolute atomic E-state index is 13.1. The van der Waals surface area contributed by atoms with E-state index in [0.717, 1.165) is 0 Å². The van der Waals surface area contributed by atoms with Crippen molar-refractivity contribution >= 4 is 50.6 Å². The lowest BCUT2D eigenvalue weighted by molar-refractivity contribution is -0.219. The number of hydrogen-bond acceptors (Lipinski definition) is 9. The van der Waals surface area contributed by atoms with Crippen LogP contribution in [0.4, 0.5) is 13.2 Å². The number of rotatable bonds is 6. The summed E-state index contributed by atoms with van der Waals surface area (Å²) in [6, 6.07) is 0. The van der Waals surface area contributed by atoms with Crippen molar-refractivity contribution in [3.05, 3.63) is 0 Å². The molecule has 3 saturated heterocycles. The predicted molar refractivity (Wildman–Crippen MR) is 95.9 cm³/mol. The molecule has 170 valence electrons. The fraction of sp³-hybridized carbons (Fsp3) is 0.800. The lowest BCUT2D eigenvalue weighted by Gasteiger charge is -2.30. The van der Waals surface area contributed by atoms with Crippen LogP contribution in [0.1, 0.15) is 13.8 Å². The molecule has 0 amide bonds. The van der Waals surface area contributed by atoms with E-state index in [-0.39, 0.29) is 0 Å². The van der Waals surface area contributed by atoms with Crippen LogP contribution < -0.4 is 0 Å². The van der Waals surface area contributed by atoms with Gasteiger partial charge in [0.2, 0.25) is 6.10 Å². The molecule has 0 radical (unpaired) electrons. The third-order valence-electron chi connectivity index (χ3n) is 4.89. The number of carbonyl (C=O) groups excluding carboxylic acids is 3. The Labute approximate surface area is 181 Å². The van der Waals surface area contributed by atoms with Crippen LogP contribution in [0.15, 0.2) is 0 Å². The second-order valence-electron chi connectivity index (χ2n) is 7.58. The maximum atomic E-state index is 13.1. The Morgan fingerprint density at radius 2 is 1.83 bits per heavy atom. The van der Waals surface area contributed by atoms with E-state index in [1.165, 1.54) is 13.8 Å². The Balaban J connectivity index is 1.83. The molecule has 0 aromatic heterocycles. The van der Waals surface area contributed by atoms with Gasteiger partial charge in [0.1, 0.15) is 33.2 Å². The molecule has 0 aliphatic carbocycles. The average Bonchev–Trinajstić information content (AvgIpc) is 3.14. The van der Waals surface area contributed by atoms with Gasteiger partial charge >= 0.3 is 24.1 Å². The molecule has 7 unspecified atom stereocenters. The average molecular weight is 572 g/mol. The van der Waals surface area contributed by atoms with Crippen molar-refractivity contribution in [2.75, 3.05) is 5.75 Å². The standard InChI is InChI=1S/C15H16F3IO10S/c1-14(2,19)13(22)29-10-8-5(6-7(27-8)9(10)28-12(6)21)11(20)26-4(15(16,17)18)3-30(23,24)25/h4-10H,3H2,1-2H3,(H,23,24,25). The van der Waals surface area contributed by atoms with Gasteiger partial charge in [-0.1, -0.05) is 22.6 Å². The summed E-state index contributed by atoms with van der Waals surface area (Å²) in [6.45, 7) is 3.06. The molecule has 0 aromatic rings. The van der Waals surface area contributed by atoms with Crippen LogP contribution >= 0.6 is 22.6 Å². The minimum atomic E-state index is -5.31. The van der Waals surface area contributed by atoms with Crippen molar-refractivity contribution in [2.45, 2.75) is 54.0 Å². The lowest BCUT2D eigenvalue weighted by atomic mass is 9.78. The quantitative estimate of drug-likeness (QED) is 0.156. The largest absolute Gasteiger partial charge is 0.455 e. The topological polar surface area (TPSA) is 142 Å². The molecule has 15 heteroatoms. The Morgan fingerprint density at radius 3 is 2.33 bits per heavy atom. The highest BCUT2D eigenvalue weighted by atomic mass is 127. The molecule has 7 atom stereocenters. The van der Waals surface area contributed by atoms with E-state index in [0.29, 0.717) is 0 Å². The van der Waals surface area contributed by atoms with Gasteiger partial charge in [0.15, 0.2) is 12.2 Å². The fourth-order valence-electron chi connectivity index (χ4n) is 3.61. The molecular weight excluding hydrogens is 556 g/mol. The summed E-state index contributed by atoms with van der Waals surface area (Å²) >= 11 is 1.79. The van der Waals surface area contributed by atoms with Crippen molar-refractivity contribution in [3.63, 3.8) is 0 Å². The third-order valence-corrected chi connectivity index (χ3v) is 6.06. The first-order valence-corrected chi connectivity index (χ1v) is 11.2. The van der Waals surface area contributed by atoms with Gasteiger partial charge in [0.25, 0.3) is 10.1 Å². The lowest BCUT2D eigenvalue weighted by Crippen LogP contribution is -2.50. The van der Waals surface area contributed by atoms with Gasteiger partial charge in [-0.15, -0.1) is 0 Å². The summed E-state index contributed by atoms with van der Waals surface area (Å²) in [7, 11) is -5.14. The smallest absolute Gasteiger partial charge is 0.426 e. The van der Waals surface area contributed by atoms with Crippen LogP contribution in [0.25, 0.3) is 0 Å². The van der Waals surface area contributed by atoms with Crippen molar-refractivity contribution < 1.29 is 59.5 Å². The Bertz CT molecular complexity index is 867. The van der Waals surface area contributed by atoms with E-state index < -0.39 is 85.7 Å². The van der Waals surface area contributed by atoms with E-state index in [1.54, 1.807) is 22.6 Å². The Hall–Kier alpha value is -1.20. The van der Waals surface area contributed by atoms with Crippen LogP contribution in [-0.2, 0) is 43.4 Å². The predicted octanol–water partition coefficient (Wildman–Crippen LogP) is 0.412. The number of esters is 3. The normalized spacial score (nSPS) is 33.9. The van der Waals surface area contributed by atoms with Crippen LogP contribution in [0.3, 0.4) is 0 Å². The van der Waals surface area contributed by atoms with E-state index in [1.807, 2.05) is 0 Å². The van der Waals surface area contributed by atoms with Crippen molar-refractivity contribution in [1.82, 2.24) is 0 Å². The van der Waals surface area contributed by atoms with E-state index in [2.05, 4.69) is 4.74 Å². The summed E-state index contributed by atoms with van der Waals surface area (Å²) in [5.74, 6) is -8.04. The highest BCUT2D eigenvalue weighted by Crippen LogP contribution is 2.52. The van der Waals surface area contributed by atoms with Gasteiger partial charge in [-0.25, -0.2) is 0 Å². The highest BCUT2D eigenvalue weighted by molar-refractivity contribution is 14.1. The summed E-state index contributed by atoms with van der Waals surface area (Å²) in [5, 5.41) is 0. The number of halogens is 4. The highest BCUT2D eigenvalue weighted by Gasteiger charge is 2.72. The Morgan fingerprint density at radius 1 is 1.23 bits per heavy atom. The van der Waals surface area contributed by atoms with E-state index >= 15 is 0 Å². The molecule has 2 bridgehead atoms. The van der Waals surface area contributed by atoms with Gasteiger partial charge in [0.05, 0.1) is 0 Å². The molecule has 0 saturated carbocycles. The van der Waals surface area contributed by atoms with Gasteiger partial charge in [-0.05, 0) is 13.8 Å². The number of ether oxygens (including phenoxy) is 4. The number of carbonyl (C=O) groups is 3. The van der Waals surface area contributed by atoms with Gasteiger partial charge in [0, 0.05) is 0 Å². The number of fused-ring (bicyclic) bond motifs is 1. The molecule has 1 N–H and O–H groups in total. The minimum absolute atomic E-state index is 0.726. The summed E-state index contributed by atoms with van der Waals surface area (Å²) in [5.41, 5.74) is 0. The van der Waals surface area contributed by atoms with Crippen LogP contribution in [0.2, 0.25) is 0 Å². The minimum Gasteiger partial charge on any atom is -0.455 e. The van der Waals surface area contributed by atoms with Crippen molar-refractivity contribution in [1.29, 1.82) is 0 Å². The zero-order valence-electron chi connectivity index (χ0n) is 15.3. The van der Waals surface area contributed by atoms with Crippen molar-refractivity contribution in [3.8, 4) is 0 Å². The van der Waals surface area contributed by atoms with Crippen LogP contribution in [0.5, 0.6) is 0 Å². The molecule has 3 aliphatic rings. The van der Waals surface area contributed by atoms with Gasteiger partial charge < -0.3 is 18.9 Å². The van der Waals surface area contributed by atoms with Gasteiger partial charge in [-0.3, -0.25) is 18.9 Å². The molecule has 0 aromatic carbocycles. The van der Waals surface area contributed by atoms with Crippen LogP contribution in [-0.4, -0.2) is 76.7 Å². The zero-order chi connectivity index (χ0) is 22.8. The first-order valence-electron chi connectivity index (χ1n) is 8.49. The molecule has 3 heterocycles. The number of alkyl halides is 4. The zero-order valence-corrected chi connectivity index (χ0v) is 18.3. The summed E-state index contributed by atoms with van der Waals surface area (Å²) in [6.07, 6.45) is -13.1. The van der Waals surface area contributed by atoms with Gasteiger partial charge in [-0.2, -0.15) is 21.6 Å². The maximum Gasteiger partial charge on any atom is 0.426 e. The van der Waals surface area contributed by atoms with Crippen molar-refractivity contribution in [2.24, 2.45) is 11.8 Å². The second-order valence-corrected chi connectivity index (χ2v) is 11.8.